The predicted octanol–water partition coefficient (Wildman–Crippen LogP) is 5.15. The molecule has 2 aromatic heterocycles. The van der Waals surface area contributed by atoms with Crippen LogP contribution in [0.2, 0.25) is 5.02 Å². The zero-order chi connectivity index (χ0) is 19.8. The maximum atomic E-state index is 13.1. The molecule has 2 aromatic carbocycles. The minimum Gasteiger partial charge on any atom is -0.497 e. The molecular weight excluding hydrogens is 396 g/mol. The van der Waals surface area contributed by atoms with Crippen molar-refractivity contribution in [3.63, 3.8) is 0 Å². The molecule has 142 valence electrons. The smallest absolute Gasteiger partial charge is 0.208 e. The number of aromatic amines is 1. The van der Waals surface area contributed by atoms with Gasteiger partial charge in [0.15, 0.2) is 5.13 Å². The van der Waals surface area contributed by atoms with Gasteiger partial charge in [-0.2, -0.15) is 0 Å². The average molecular weight is 413 g/mol. The third kappa shape index (κ3) is 3.30. The first-order chi connectivity index (χ1) is 13.5. The van der Waals surface area contributed by atoms with Crippen LogP contribution in [-0.4, -0.2) is 22.9 Å². The highest BCUT2D eigenvalue weighted by atomic mass is 35.5. The maximum Gasteiger partial charge on any atom is 0.208 e. The minimum absolute atomic E-state index is 0.185. The van der Waals surface area contributed by atoms with E-state index >= 15 is 0 Å². The van der Waals surface area contributed by atoms with Gasteiger partial charge in [0.25, 0.3) is 0 Å². The predicted molar refractivity (Wildman–Crippen MR) is 114 cm³/mol. The summed E-state index contributed by atoms with van der Waals surface area (Å²) in [5, 5.41) is 5.19. The van der Waals surface area contributed by atoms with E-state index in [1.165, 1.54) is 11.3 Å². The minimum atomic E-state index is -0.185. The van der Waals surface area contributed by atoms with Gasteiger partial charge in [0.1, 0.15) is 16.4 Å². The van der Waals surface area contributed by atoms with Gasteiger partial charge in [-0.15, -0.1) is 0 Å². The number of carbonyl (C=O) groups is 1. The first-order valence-electron chi connectivity index (χ1n) is 8.45. The van der Waals surface area contributed by atoms with Crippen LogP contribution in [0.15, 0.2) is 42.6 Å². The van der Waals surface area contributed by atoms with Crippen LogP contribution in [0.5, 0.6) is 5.75 Å². The lowest BCUT2D eigenvalue weighted by Crippen LogP contribution is -2.01. The number of methoxy groups -OCH3 is 1. The van der Waals surface area contributed by atoms with E-state index in [4.69, 9.17) is 22.1 Å². The van der Waals surface area contributed by atoms with Crippen molar-refractivity contribution in [3.05, 3.63) is 63.6 Å². The Balaban J connectivity index is 1.67. The Morgan fingerprint density at radius 1 is 1.29 bits per heavy atom. The lowest BCUT2D eigenvalue weighted by Gasteiger charge is -2.06. The zero-order valence-electron chi connectivity index (χ0n) is 15.2. The molecule has 0 aliphatic carbocycles. The van der Waals surface area contributed by atoms with Crippen molar-refractivity contribution >= 4 is 56.3 Å². The van der Waals surface area contributed by atoms with Crippen molar-refractivity contribution in [2.45, 2.75) is 6.92 Å². The number of rotatable bonds is 5. The number of fused-ring (bicyclic) bond motifs is 1. The first kappa shape index (κ1) is 18.3. The lowest BCUT2D eigenvalue weighted by molar-refractivity contribution is 0.104. The number of ketones is 1. The Morgan fingerprint density at radius 2 is 2.11 bits per heavy atom. The number of nitrogens with two attached hydrogens (primary N) is 1. The van der Waals surface area contributed by atoms with E-state index in [0.717, 1.165) is 22.2 Å². The standard InChI is InChI=1S/C20H17ClN4O2S/c1-10-7-11(21)3-5-15(10)24-20-25-19(22)18(28-20)17(26)14-9-23-16-6-4-12(27-2)8-13(14)16/h3-9,23H,22H2,1-2H3,(H,24,25). The number of benzene rings is 2. The highest BCUT2D eigenvalue weighted by Crippen LogP contribution is 2.33. The molecule has 4 rings (SSSR count). The van der Waals surface area contributed by atoms with E-state index in [9.17, 15) is 4.79 Å². The summed E-state index contributed by atoms with van der Waals surface area (Å²) in [4.78, 5) is 20.9. The molecule has 0 unspecified atom stereocenters. The Bertz CT molecular complexity index is 1200. The van der Waals surface area contributed by atoms with Crippen molar-refractivity contribution in [1.29, 1.82) is 0 Å². The molecule has 0 saturated heterocycles. The van der Waals surface area contributed by atoms with Crippen LogP contribution in [0.3, 0.4) is 0 Å². The summed E-state index contributed by atoms with van der Waals surface area (Å²) in [5.41, 5.74) is 9.25. The van der Waals surface area contributed by atoms with Gasteiger partial charge in [-0.05, 0) is 48.9 Å². The van der Waals surface area contributed by atoms with Crippen LogP contribution in [0, 0.1) is 6.92 Å². The number of carbonyl (C=O) groups excluding carboxylic acids is 1. The fourth-order valence-corrected chi connectivity index (χ4v) is 4.05. The summed E-state index contributed by atoms with van der Waals surface area (Å²) in [6, 6.07) is 11.0. The number of ether oxygens (including phenoxy) is 1. The Labute approximate surface area is 170 Å². The van der Waals surface area contributed by atoms with E-state index in [-0.39, 0.29) is 11.6 Å². The molecule has 0 amide bonds. The SMILES string of the molecule is COc1ccc2[nH]cc(C(=O)c3sc(Nc4ccc(Cl)cc4C)nc3N)c2c1. The van der Waals surface area contributed by atoms with Gasteiger partial charge in [-0.1, -0.05) is 22.9 Å². The van der Waals surface area contributed by atoms with Gasteiger partial charge in [-0.3, -0.25) is 4.79 Å². The molecule has 0 fully saturated rings. The number of nitrogens with zero attached hydrogens (tertiary/aromatic N) is 1. The molecule has 8 heteroatoms. The number of nitrogens with one attached hydrogen (secondary N) is 2. The number of hydrogen-bond acceptors (Lipinski definition) is 6. The van der Waals surface area contributed by atoms with Gasteiger partial charge in [0.05, 0.1) is 7.11 Å². The summed E-state index contributed by atoms with van der Waals surface area (Å²) in [5.74, 6) is 0.690. The van der Waals surface area contributed by atoms with Crippen LogP contribution in [-0.2, 0) is 0 Å². The summed E-state index contributed by atoms with van der Waals surface area (Å²) < 4.78 is 5.27. The fourth-order valence-electron chi connectivity index (χ4n) is 2.97. The Kier molecular flexibility index (Phi) is 4.70. The third-order valence-electron chi connectivity index (χ3n) is 4.42. The molecular formula is C20H17ClN4O2S. The van der Waals surface area contributed by atoms with Crippen molar-refractivity contribution in [3.8, 4) is 5.75 Å². The number of hydrogen-bond donors (Lipinski definition) is 3. The van der Waals surface area contributed by atoms with E-state index in [2.05, 4.69) is 15.3 Å². The monoisotopic (exact) mass is 412 g/mol. The first-order valence-corrected chi connectivity index (χ1v) is 9.65. The summed E-state index contributed by atoms with van der Waals surface area (Å²) >= 11 is 7.22. The Morgan fingerprint density at radius 3 is 2.86 bits per heavy atom. The molecule has 0 spiro atoms. The zero-order valence-corrected chi connectivity index (χ0v) is 16.7. The van der Waals surface area contributed by atoms with Crippen LogP contribution in [0.1, 0.15) is 20.8 Å². The summed E-state index contributed by atoms with van der Waals surface area (Å²) in [7, 11) is 1.59. The second-order valence-electron chi connectivity index (χ2n) is 6.26. The molecule has 4 N–H and O–H groups in total. The molecule has 4 aromatic rings. The van der Waals surface area contributed by atoms with Gasteiger partial charge in [0.2, 0.25) is 5.78 Å². The molecule has 0 aliphatic heterocycles. The number of aromatic nitrogens is 2. The van der Waals surface area contributed by atoms with E-state index in [0.29, 0.717) is 26.3 Å². The number of nitrogen functional groups attached to an aromatic ring is 1. The highest BCUT2D eigenvalue weighted by Gasteiger charge is 2.21. The molecule has 0 saturated carbocycles. The maximum absolute atomic E-state index is 13.1. The molecule has 0 radical (unpaired) electrons. The molecule has 2 heterocycles. The quantitative estimate of drug-likeness (QED) is 0.394. The molecule has 0 atom stereocenters. The molecule has 6 nitrogen and oxygen atoms in total. The lowest BCUT2D eigenvalue weighted by atomic mass is 10.1. The number of H-pyrrole nitrogens is 1. The number of halogens is 1. The second-order valence-corrected chi connectivity index (χ2v) is 7.70. The highest BCUT2D eigenvalue weighted by molar-refractivity contribution is 7.18. The van der Waals surface area contributed by atoms with E-state index < -0.39 is 0 Å². The number of anilines is 3. The number of aryl methyl sites for hydroxylation is 1. The van der Waals surface area contributed by atoms with Crippen LogP contribution in [0.4, 0.5) is 16.6 Å². The van der Waals surface area contributed by atoms with Crippen molar-refractivity contribution in [2.24, 2.45) is 0 Å². The number of thiazole rings is 1. The molecule has 28 heavy (non-hydrogen) atoms. The van der Waals surface area contributed by atoms with E-state index in [1.807, 2.05) is 37.3 Å². The topological polar surface area (TPSA) is 93.0 Å². The third-order valence-corrected chi connectivity index (χ3v) is 5.64. The fraction of sp³-hybridized carbons (Fsp3) is 0.100. The van der Waals surface area contributed by atoms with Gasteiger partial charge in [0, 0.05) is 33.4 Å². The van der Waals surface area contributed by atoms with Crippen molar-refractivity contribution in [1.82, 2.24) is 9.97 Å². The Hall–Kier alpha value is -3.03. The average Bonchev–Trinajstić information content (AvgIpc) is 3.26. The van der Waals surface area contributed by atoms with Gasteiger partial charge < -0.3 is 20.8 Å². The van der Waals surface area contributed by atoms with Gasteiger partial charge in [-0.25, -0.2) is 4.98 Å². The second kappa shape index (κ2) is 7.18. The van der Waals surface area contributed by atoms with E-state index in [1.54, 1.807) is 19.4 Å². The van der Waals surface area contributed by atoms with Crippen LogP contribution in [0.25, 0.3) is 10.9 Å². The molecule has 0 aliphatic rings. The normalized spacial score (nSPS) is 11.0. The van der Waals surface area contributed by atoms with Gasteiger partial charge >= 0.3 is 0 Å². The summed E-state index contributed by atoms with van der Waals surface area (Å²) in [6.07, 6.45) is 1.68. The molecule has 0 bridgehead atoms. The largest absolute Gasteiger partial charge is 0.497 e. The van der Waals surface area contributed by atoms with Crippen molar-refractivity contribution < 1.29 is 9.53 Å². The van der Waals surface area contributed by atoms with Crippen LogP contribution < -0.4 is 15.8 Å². The van der Waals surface area contributed by atoms with Crippen LogP contribution >= 0.6 is 22.9 Å². The summed E-state index contributed by atoms with van der Waals surface area (Å²) in [6.45, 7) is 1.94. The van der Waals surface area contributed by atoms with Crippen molar-refractivity contribution in [2.75, 3.05) is 18.2 Å².